The second kappa shape index (κ2) is 4.90. The first-order valence-corrected chi connectivity index (χ1v) is 6.13. The van der Waals surface area contributed by atoms with Crippen LogP contribution in [0.1, 0.15) is 5.89 Å². The summed E-state index contributed by atoms with van der Waals surface area (Å²) in [6.07, 6.45) is 0. The molecule has 0 aliphatic carbocycles. The van der Waals surface area contributed by atoms with Gasteiger partial charge in [0.1, 0.15) is 11.3 Å². The quantitative estimate of drug-likeness (QED) is 0.778. The van der Waals surface area contributed by atoms with Crippen LogP contribution in [0.3, 0.4) is 0 Å². The average Bonchev–Trinajstić information content (AvgIpc) is 2.80. The third-order valence-electron chi connectivity index (χ3n) is 2.69. The topological polar surface area (TPSA) is 38.1 Å². The number of hydrogen-bond donors (Lipinski definition) is 1. The van der Waals surface area contributed by atoms with Gasteiger partial charge in [-0.3, -0.25) is 0 Å². The van der Waals surface area contributed by atoms with Crippen LogP contribution in [0.4, 0.5) is 10.1 Å². The first kappa shape index (κ1) is 12.0. The monoisotopic (exact) mass is 276 g/mol. The Hall–Kier alpha value is -2.07. The Morgan fingerprint density at radius 1 is 1.21 bits per heavy atom. The smallest absolute Gasteiger partial charge is 0.214 e. The summed E-state index contributed by atoms with van der Waals surface area (Å²) in [6.45, 7) is 0.429. The molecular formula is C14H10ClFN2O. The highest BCUT2D eigenvalue weighted by Gasteiger charge is 2.09. The Labute approximate surface area is 114 Å². The van der Waals surface area contributed by atoms with Crippen molar-refractivity contribution in [1.29, 1.82) is 0 Å². The van der Waals surface area contributed by atoms with Crippen molar-refractivity contribution in [3.8, 4) is 0 Å². The van der Waals surface area contributed by atoms with Crippen molar-refractivity contribution in [1.82, 2.24) is 4.98 Å². The number of rotatable bonds is 3. The number of oxazole rings is 1. The summed E-state index contributed by atoms with van der Waals surface area (Å²) in [5.41, 5.74) is 1.91. The molecule has 96 valence electrons. The van der Waals surface area contributed by atoms with Crippen LogP contribution in [0, 0.1) is 5.82 Å². The Bertz CT molecular complexity index is 673. The molecule has 1 aromatic heterocycles. The molecule has 3 aromatic rings. The molecule has 1 heterocycles. The number of fused-ring (bicyclic) bond motifs is 1. The second-order valence-electron chi connectivity index (χ2n) is 4.06. The van der Waals surface area contributed by atoms with Gasteiger partial charge in [0.2, 0.25) is 5.89 Å². The van der Waals surface area contributed by atoms with E-state index in [0.717, 1.165) is 5.69 Å². The largest absolute Gasteiger partial charge is 0.439 e. The van der Waals surface area contributed by atoms with Crippen molar-refractivity contribution in [2.75, 3.05) is 5.32 Å². The van der Waals surface area contributed by atoms with Gasteiger partial charge in [-0.15, -0.1) is 0 Å². The van der Waals surface area contributed by atoms with E-state index in [2.05, 4.69) is 10.3 Å². The highest BCUT2D eigenvalue weighted by Crippen LogP contribution is 2.23. The molecule has 0 radical (unpaired) electrons. The van der Waals surface area contributed by atoms with E-state index in [-0.39, 0.29) is 5.02 Å². The number of halogens is 2. The summed E-state index contributed by atoms with van der Waals surface area (Å²) in [6, 6.07) is 12.4. The van der Waals surface area contributed by atoms with E-state index in [9.17, 15) is 4.39 Å². The highest BCUT2D eigenvalue weighted by molar-refractivity contribution is 6.31. The van der Waals surface area contributed by atoms with Crippen LogP contribution in [-0.4, -0.2) is 4.98 Å². The lowest BCUT2D eigenvalue weighted by molar-refractivity contribution is 0.537. The van der Waals surface area contributed by atoms with Crippen LogP contribution in [0.5, 0.6) is 0 Å². The van der Waals surface area contributed by atoms with Gasteiger partial charge in [-0.25, -0.2) is 9.37 Å². The van der Waals surface area contributed by atoms with Gasteiger partial charge < -0.3 is 9.73 Å². The van der Waals surface area contributed by atoms with Crippen molar-refractivity contribution < 1.29 is 8.81 Å². The molecule has 0 saturated heterocycles. The minimum Gasteiger partial charge on any atom is -0.439 e. The first-order chi connectivity index (χ1) is 9.22. The molecule has 2 aromatic carbocycles. The maximum Gasteiger partial charge on any atom is 0.214 e. The fourth-order valence-electron chi connectivity index (χ4n) is 1.78. The van der Waals surface area contributed by atoms with Gasteiger partial charge >= 0.3 is 0 Å². The van der Waals surface area contributed by atoms with Gasteiger partial charge in [-0.05, 0) is 18.2 Å². The third kappa shape index (κ3) is 2.53. The number of anilines is 1. The van der Waals surface area contributed by atoms with E-state index in [0.29, 0.717) is 23.5 Å². The SMILES string of the molecule is Fc1cc2oc(CNc3ccccc3)nc2cc1Cl. The highest BCUT2D eigenvalue weighted by atomic mass is 35.5. The molecule has 0 saturated carbocycles. The van der Waals surface area contributed by atoms with Crippen molar-refractivity contribution >= 4 is 28.4 Å². The Morgan fingerprint density at radius 3 is 2.79 bits per heavy atom. The third-order valence-corrected chi connectivity index (χ3v) is 2.98. The molecule has 0 unspecified atom stereocenters. The van der Waals surface area contributed by atoms with Crippen LogP contribution in [0.15, 0.2) is 46.9 Å². The lowest BCUT2D eigenvalue weighted by atomic mass is 10.3. The zero-order chi connectivity index (χ0) is 13.2. The van der Waals surface area contributed by atoms with E-state index in [1.54, 1.807) is 0 Å². The van der Waals surface area contributed by atoms with Crippen LogP contribution < -0.4 is 5.32 Å². The van der Waals surface area contributed by atoms with Gasteiger partial charge in [-0.2, -0.15) is 0 Å². The summed E-state index contributed by atoms with van der Waals surface area (Å²) >= 11 is 5.70. The number of benzene rings is 2. The normalized spacial score (nSPS) is 10.8. The minimum absolute atomic E-state index is 0.0448. The van der Waals surface area contributed by atoms with E-state index >= 15 is 0 Å². The average molecular weight is 277 g/mol. The molecule has 0 amide bonds. The maximum atomic E-state index is 13.3. The molecule has 0 bridgehead atoms. The van der Waals surface area contributed by atoms with E-state index < -0.39 is 5.82 Å². The molecular weight excluding hydrogens is 267 g/mol. The summed E-state index contributed by atoms with van der Waals surface area (Å²) < 4.78 is 18.7. The molecule has 0 aliphatic heterocycles. The molecule has 1 N–H and O–H groups in total. The summed E-state index contributed by atoms with van der Waals surface area (Å²) in [5.74, 6) is -0.0200. The number of aromatic nitrogens is 1. The summed E-state index contributed by atoms with van der Waals surface area (Å²) in [7, 11) is 0. The van der Waals surface area contributed by atoms with Gasteiger partial charge in [0.25, 0.3) is 0 Å². The van der Waals surface area contributed by atoms with E-state index in [1.807, 2.05) is 30.3 Å². The molecule has 0 atom stereocenters. The molecule has 0 fully saturated rings. The number of nitrogens with one attached hydrogen (secondary N) is 1. The number of para-hydroxylation sites is 1. The summed E-state index contributed by atoms with van der Waals surface area (Å²) in [4.78, 5) is 4.25. The van der Waals surface area contributed by atoms with Gasteiger partial charge in [0.05, 0.1) is 11.6 Å². The molecule has 0 spiro atoms. The minimum atomic E-state index is -0.507. The van der Waals surface area contributed by atoms with Crippen LogP contribution in [0.2, 0.25) is 5.02 Å². The standard InChI is InChI=1S/C14H10ClFN2O/c15-10-6-12-13(7-11(10)16)19-14(18-12)8-17-9-4-2-1-3-5-9/h1-7,17H,8H2. The van der Waals surface area contributed by atoms with Gasteiger partial charge in [0, 0.05) is 11.8 Å². The zero-order valence-corrected chi connectivity index (χ0v) is 10.6. The number of nitrogens with zero attached hydrogens (tertiary/aromatic N) is 1. The van der Waals surface area contributed by atoms with Crippen LogP contribution in [-0.2, 0) is 6.54 Å². The van der Waals surface area contributed by atoms with E-state index in [4.69, 9.17) is 16.0 Å². The molecule has 19 heavy (non-hydrogen) atoms. The Morgan fingerprint density at radius 2 is 2.00 bits per heavy atom. The molecule has 3 nitrogen and oxygen atoms in total. The predicted octanol–water partition coefficient (Wildman–Crippen LogP) is 4.23. The summed E-state index contributed by atoms with van der Waals surface area (Å²) in [5, 5.41) is 3.21. The molecule has 5 heteroatoms. The van der Waals surface area contributed by atoms with Crippen molar-refractivity contribution in [2.24, 2.45) is 0 Å². The lowest BCUT2D eigenvalue weighted by Crippen LogP contribution is -1.98. The van der Waals surface area contributed by atoms with Crippen LogP contribution >= 0.6 is 11.6 Å². The fourth-order valence-corrected chi connectivity index (χ4v) is 1.94. The molecule has 0 aliphatic rings. The second-order valence-corrected chi connectivity index (χ2v) is 4.47. The van der Waals surface area contributed by atoms with Crippen molar-refractivity contribution in [3.05, 3.63) is 59.2 Å². The lowest BCUT2D eigenvalue weighted by Gasteiger charge is -2.01. The fraction of sp³-hybridized carbons (Fsp3) is 0.0714. The van der Waals surface area contributed by atoms with Crippen molar-refractivity contribution in [2.45, 2.75) is 6.54 Å². The maximum absolute atomic E-state index is 13.3. The first-order valence-electron chi connectivity index (χ1n) is 5.76. The van der Waals surface area contributed by atoms with Crippen molar-refractivity contribution in [3.63, 3.8) is 0 Å². The number of hydrogen-bond acceptors (Lipinski definition) is 3. The van der Waals surface area contributed by atoms with E-state index in [1.165, 1.54) is 12.1 Å². The van der Waals surface area contributed by atoms with Gasteiger partial charge in [-0.1, -0.05) is 29.8 Å². The zero-order valence-electron chi connectivity index (χ0n) is 9.86. The Balaban J connectivity index is 1.82. The van der Waals surface area contributed by atoms with Gasteiger partial charge in [0.15, 0.2) is 5.58 Å². The molecule has 3 rings (SSSR count). The predicted molar refractivity (Wildman–Crippen MR) is 72.7 cm³/mol. The Kier molecular flexibility index (Phi) is 3.09. The van der Waals surface area contributed by atoms with Crippen LogP contribution in [0.25, 0.3) is 11.1 Å².